The molecule has 2 amide bonds. The van der Waals surface area contributed by atoms with Crippen LogP contribution in [-0.4, -0.2) is 43.7 Å². The van der Waals surface area contributed by atoms with Crippen LogP contribution >= 0.6 is 0 Å². The summed E-state index contributed by atoms with van der Waals surface area (Å²) in [6.07, 6.45) is 4.56. The quantitative estimate of drug-likeness (QED) is 0.229. The molecule has 30 heavy (non-hydrogen) atoms. The summed E-state index contributed by atoms with van der Waals surface area (Å²) < 4.78 is 29.5. The van der Waals surface area contributed by atoms with Gasteiger partial charge in [0, 0.05) is 17.9 Å². The molecule has 2 aromatic carbocycles. The smallest absolute Gasteiger partial charge is 0.274 e. The molecule has 0 aliphatic rings. The summed E-state index contributed by atoms with van der Waals surface area (Å²) >= 11 is 0. The molecule has 9 heteroatoms. The van der Waals surface area contributed by atoms with Gasteiger partial charge in [0.25, 0.3) is 5.91 Å². The lowest BCUT2D eigenvalue weighted by atomic mass is 10.2. The fourth-order valence-electron chi connectivity index (χ4n) is 2.56. The van der Waals surface area contributed by atoms with Crippen molar-refractivity contribution in [3.63, 3.8) is 0 Å². The number of hydrogen-bond acceptors (Lipinski definition) is 6. The second kappa shape index (κ2) is 11.1. The van der Waals surface area contributed by atoms with Gasteiger partial charge in [-0.05, 0) is 48.7 Å². The average molecular weight is 432 g/mol. The van der Waals surface area contributed by atoms with Gasteiger partial charge >= 0.3 is 0 Å². The Morgan fingerprint density at radius 2 is 1.77 bits per heavy atom. The lowest BCUT2D eigenvalue weighted by Gasteiger charge is -2.16. The largest absolute Gasteiger partial charge is 0.494 e. The Morgan fingerprint density at radius 3 is 2.37 bits per heavy atom. The van der Waals surface area contributed by atoms with Gasteiger partial charge in [0.05, 0.1) is 6.61 Å². The SMILES string of the molecule is CS(=O)(=O)C(CCCOc1ccc(C(=O)NO)cc1)NC(=O)/C=C/c1ccccc1. The second-order valence-electron chi connectivity index (χ2n) is 6.53. The lowest BCUT2D eigenvalue weighted by molar-refractivity contribution is -0.116. The third-order valence-corrected chi connectivity index (χ3v) is 5.53. The normalized spacial score (nSPS) is 12.3. The Bertz CT molecular complexity index is 972. The molecule has 0 heterocycles. The molecular weight excluding hydrogens is 408 g/mol. The summed E-state index contributed by atoms with van der Waals surface area (Å²) in [5, 5.41) is 10.1. The third-order valence-electron chi connectivity index (χ3n) is 4.14. The van der Waals surface area contributed by atoms with Gasteiger partial charge in [-0.15, -0.1) is 0 Å². The number of sulfone groups is 1. The van der Waals surface area contributed by atoms with E-state index in [1.54, 1.807) is 18.2 Å². The van der Waals surface area contributed by atoms with E-state index in [0.29, 0.717) is 12.2 Å². The highest BCUT2D eigenvalue weighted by atomic mass is 32.2. The summed E-state index contributed by atoms with van der Waals surface area (Å²) in [7, 11) is -3.50. The number of benzene rings is 2. The van der Waals surface area contributed by atoms with E-state index in [0.717, 1.165) is 11.8 Å². The number of hydrogen-bond donors (Lipinski definition) is 3. The number of rotatable bonds is 10. The molecule has 3 N–H and O–H groups in total. The molecule has 0 aromatic heterocycles. The lowest BCUT2D eigenvalue weighted by Crippen LogP contribution is -2.39. The first-order valence-electron chi connectivity index (χ1n) is 9.19. The van der Waals surface area contributed by atoms with Crippen LogP contribution in [0.3, 0.4) is 0 Å². The summed E-state index contributed by atoms with van der Waals surface area (Å²) in [5.74, 6) is -0.627. The van der Waals surface area contributed by atoms with Gasteiger partial charge in [-0.3, -0.25) is 14.8 Å². The van der Waals surface area contributed by atoms with Crippen molar-refractivity contribution >= 4 is 27.7 Å². The van der Waals surface area contributed by atoms with Gasteiger partial charge in [0.1, 0.15) is 11.1 Å². The fraction of sp³-hybridized carbons (Fsp3) is 0.238. The Hall–Kier alpha value is -3.17. The van der Waals surface area contributed by atoms with E-state index < -0.39 is 27.0 Å². The van der Waals surface area contributed by atoms with E-state index in [1.807, 2.05) is 30.3 Å². The molecule has 1 unspecified atom stereocenters. The summed E-state index contributed by atoms with van der Waals surface area (Å²) in [5.41, 5.74) is 2.64. The van der Waals surface area contributed by atoms with Crippen molar-refractivity contribution in [1.29, 1.82) is 0 Å². The van der Waals surface area contributed by atoms with Crippen LogP contribution in [0, 0.1) is 0 Å². The molecule has 0 fully saturated rings. The average Bonchev–Trinajstić information content (AvgIpc) is 2.74. The van der Waals surface area contributed by atoms with Crippen LogP contribution in [0.25, 0.3) is 6.08 Å². The summed E-state index contributed by atoms with van der Waals surface area (Å²) in [4.78, 5) is 23.4. The minimum Gasteiger partial charge on any atom is -0.494 e. The number of carbonyl (C=O) groups excluding carboxylic acids is 2. The van der Waals surface area contributed by atoms with Gasteiger partial charge < -0.3 is 10.1 Å². The molecule has 2 aromatic rings. The highest BCUT2D eigenvalue weighted by Gasteiger charge is 2.21. The molecule has 0 aliphatic carbocycles. The number of ether oxygens (including phenoxy) is 1. The van der Waals surface area contributed by atoms with Gasteiger partial charge in [-0.2, -0.15) is 0 Å². The van der Waals surface area contributed by atoms with Crippen molar-refractivity contribution in [3.8, 4) is 5.75 Å². The first-order valence-corrected chi connectivity index (χ1v) is 11.1. The highest BCUT2D eigenvalue weighted by Crippen LogP contribution is 2.13. The minimum atomic E-state index is -3.50. The molecule has 0 bridgehead atoms. The Labute approximate surface area is 175 Å². The first kappa shape index (κ1) is 23.1. The van der Waals surface area contributed by atoms with Crippen molar-refractivity contribution in [2.75, 3.05) is 12.9 Å². The molecule has 1 atom stereocenters. The molecule has 0 saturated carbocycles. The number of carbonyl (C=O) groups is 2. The first-order chi connectivity index (χ1) is 14.3. The van der Waals surface area contributed by atoms with E-state index in [-0.39, 0.29) is 18.6 Å². The van der Waals surface area contributed by atoms with Crippen LogP contribution in [0.2, 0.25) is 0 Å². The summed E-state index contributed by atoms with van der Waals surface area (Å²) in [6, 6.07) is 15.3. The maximum Gasteiger partial charge on any atom is 0.274 e. The van der Waals surface area contributed by atoms with Gasteiger partial charge in [-0.25, -0.2) is 13.9 Å². The molecule has 0 saturated heterocycles. The Morgan fingerprint density at radius 1 is 1.10 bits per heavy atom. The van der Waals surface area contributed by atoms with Crippen molar-refractivity contribution in [1.82, 2.24) is 10.8 Å². The monoisotopic (exact) mass is 432 g/mol. The van der Waals surface area contributed by atoms with E-state index in [9.17, 15) is 18.0 Å². The highest BCUT2D eigenvalue weighted by molar-refractivity contribution is 7.91. The van der Waals surface area contributed by atoms with Crippen molar-refractivity contribution in [2.24, 2.45) is 0 Å². The standard InChI is InChI=1S/C21H24N2O6S/c1-30(27,28)20(22-19(24)14-9-16-6-3-2-4-7-16)8-5-15-29-18-12-10-17(11-13-18)21(25)23-26/h2-4,6-7,9-14,20,26H,5,8,15H2,1H3,(H,22,24)(H,23,25)/b14-9+. The number of nitrogens with one attached hydrogen (secondary N) is 2. The van der Waals surface area contributed by atoms with Crippen LogP contribution in [0.15, 0.2) is 60.7 Å². The zero-order valence-electron chi connectivity index (χ0n) is 16.4. The van der Waals surface area contributed by atoms with E-state index in [4.69, 9.17) is 9.94 Å². The maximum absolute atomic E-state index is 12.1. The van der Waals surface area contributed by atoms with Crippen LogP contribution in [0.4, 0.5) is 0 Å². The van der Waals surface area contributed by atoms with Crippen LogP contribution < -0.4 is 15.5 Å². The number of hydroxylamine groups is 1. The minimum absolute atomic E-state index is 0.189. The van der Waals surface area contributed by atoms with Crippen LogP contribution in [0.5, 0.6) is 5.75 Å². The van der Waals surface area contributed by atoms with Gasteiger partial charge in [0.15, 0.2) is 9.84 Å². The zero-order chi connectivity index (χ0) is 22.0. The summed E-state index contributed by atoms with van der Waals surface area (Å²) in [6.45, 7) is 0.229. The van der Waals surface area contributed by atoms with Gasteiger partial charge in [0.2, 0.25) is 5.91 Å². The third kappa shape index (κ3) is 7.69. The van der Waals surface area contributed by atoms with Gasteiger partial charge in [-0.1, -0.05) is 30.3 Å². The molecule has 0 radical (unpaired) electrons. The molecule has 0 spiro atoms. The van der Waals surface area contributed by atoms with Crippen molar-refractivity contribution in [2.45, 2.75) is 18.2 Å². The maximum atomic E-state index is 12.1. The van der Waals surface area contributed by atoms with E-state index >= 15 is 0 Å². The van der Waals surface area contributed by atoms with Crippen molar-refractivity contribution in [3.05, 3.63) is 71.8 Å². The topological polar surface area (TPSA) is 122 Å². The molecule has 2 rings (SSSR count). The van der Waals surface area contributed by atoms with Crippen LogP contribution in [-0.2, 0) is 14.6 Å². The molecular formula is C21H24N2O6S. The predicted molar refractivity (Wildman–Crippen MR) is 113 cm³/mol. The predicted octanol–water partition coefficient (Wildman–Crippen LogP) is 2.16. The zero-order valence-corrected chi connectivity index (χ0v) is 17.3. The van der Waals surface area contributed by atoms with Crippen molar-refractivity contribution < 1.29 is 28.0 Å². The van der Waals surface area contributed by atoms with E-state index in [1.165, 1.54) is 23.7 Å². The fourth-order valence-corrected chi connectivity index (χ4v) is 3.49. The molecule has 8 nitrogen and oxygen atoms in total. The Balaban J connectivity index is 1.84. The molecule has 160 valence electrons. The molecule has 0 aliphatic heterocycles. The second-order valence-corrected chi connectivity index (χ2v) is 8.75. The van der Waals surface area contributed by atoms with E-state index in [2.05, 4.69) is 5.32 Å². The Kier molecular flexibility index (Phi) is 8.57. The number of amides is 2. The van der Waals surface area contributed by atoms with Crippen LogP contribution in [0.1, 0.15) is 28.8 Å².